The van der Waals surface area contributed by atoms with E-state index in [2.05, 4.69) is 25.8 Å². The van der Waals surface area contributed by atoms with Gasteiger partial charge in [0.25, 0.3) is 20.2 Å². The molecule has 0 fully saturated rings. The second kappa shape index (κ2) is 15.3. The molecule has 0 saturated carbocycles. The van der Waals surface area contributed by atoms with Gasteiger partial charge in [0, 0.05) is 92.0 Å². The van der Waals surface area contributed by atoms with E-state index in [9.17, 15) is 25.9 Å². The normalized spacial score (nSPS) is 11.9. The summed E-state index contributed by atoms with van der Waals surface area (Å²) in [5.74, 6) is 0. The van der Waals surface area contributed by atoms with Crippen LogP contribution in [-0.2, 0) is 20.2 Å². The van der Waals surface area contributed by atoms with Crippen LogP contribution in [0.3, 0.4) is 0 Å². The molecule has 15 heteroatoms. The molecular formula is C32H23N5Na2O6S2. The van der Waals surface area contributed by atoms with Crippen LogP contribution in [0.2, 0.25) is 0 Å². The van der Waals surface area contributed by atoms with Gasteiger partial charge in [-0.3, -0.25) is 9.11 Å². The number of nitrogens with one attached hydrogen (secondary N) is 1. The molecular weight excluding hydrogens is 660 g/mol. The Bertz CT molecular complexity index is 2370. The standard InChI is InChI=1S/C32H23N5O6S2.2Na/c38-44(39,40)23-11-6-10-22(20-23)34-35-27-16-17-28(25-13-5-4-12-24(25)27)36-37-29-18-19-30(33-21-8-2-1-3-9-21)32-26(29)14-7-15-31(32)45(41,42)43;;/h1-20,33H,(H,38,39,40)(H,41,42,43);;. The molecule has 0 spiro atoms. The number of nitrogens with zero attached hydrogens (tertiary/aromatic N) is 4. The largest absolute Gasteiger partial charge is 0.355 e. The van der Waals surface area contributed by atoms with Gasteiger partial charge < -0.3 is 5.32 Å². The van der Waals surface area contributed by atoms with Crippen LogP contribution in [0.5, 0.6) is 0 Å². The third-order valence-electron chi connectivity index (χ3n) is 6.84. The molecule has 0 aromatic heterocycles. The molecule has 0 heterocycles. The Labute approximate surface area is 314 Å². The zero-order chi connectivity index (χ0) is 31.6. The monoisotopic (exact) mass is 683 g/mol. The van der Waals surface area contributed by atoms with Crippen molar-refractivity contribution in [3.8, 4) is 0 Å². The minimum absolute atomic E-state index is 0. The summed E-state index contributed by atoms with van der Waals surface area (Å²) in [6.45, 7) is 0. The van der Waals surface area contributed by atoms with Crippen molar-refractivity contribution in [1.29, 1.82) is 0 Å². The topological polar surface area (TPSA) is 170 Å². The summed E-state index contributed by atoms with van der Waals surface area (Å²) in [5.41, 5.74) is 2.80. The van der Waals surface area contributed by atoms with Crippen LogP contribution in [0, 0.1) is 0 Å². The number of anilines is 2. The summed E-state index contributed by atoms with van der Waals surface area (Å²) in [6, 6.07) is 33.3. The minimum atomic E-state index is -4.57. The van der Waals surface area contributed by atoms with Gasteiger partial charge >= 0.3 is 0 Å². The van der Waals surface area contributed by atoms with E-state index in [0.29, 0.717) is 38.9 Å². The van der Waals surface area contributed by atoms with Gasteiger partial charge in [-0.15, -0.1) is 15.3 Å². The van der Waals surface area contributed by atoms with Crippen LogP contribution in [-0.4, -0.2) is 85.1 Å². The fourth-order valence-corrected chi connectivity index (χ4v) is 6.06. The van der Waals surface area contributed by atoms with E-state index in [-0.39, 0.29) is 80.0 Å². The molecule has 0 amide bonds. The first-order valence-corrected chi connectivity index (χ1v) is 16.2. The van der Waals surface area contributed by atoms with E-state index in [1.165, 1.54) is 30.3 Å². The molecule has 0 aliphatic carbocycles. The molecule has 0 unspecified atom stereocenters. The average Bonchev–Trinajstić information content (AvgIpc) is 3.03. The van der Waals surface area contributed by atoms with Crippen LogP contribution in [0.15, 0.2) is 152 Å². The van der Waals surface area contributed by atoms with Gasteiger partial charge in [-0.1, -0.05) is 60.7 Å². The van der Waals surface area contributed by atoms with Gasteiger partial charge in [0.05, 0.1) is 27.6 Å². The second-order valence-corrected chi connectivity index (χ2v) is 12.6. The Morgan fingerprint density at radius 3 is 1.66 bits per heavy atom. The Kier molecular flexibility index (Phi) is 11.8. The fourth-order valence-electron chi connectivity index (χ4n) is 4.81. The summed E-state index contributed by atoms with van der Waals surface area (Å²) in [7, 11) is -8.96. The number of para-hydroxylation sites is 1. The van der Waals surface area contributed by atoms with E-state index < -0.39 is 20.2 Å². The maximum atomic E-state index is 12.3. The predicted molar refractivity (Wildman–Crippen MR) is 184 cm³/mol. The van der Waals surface area contributed by atoms with Crippen molar-refractivity contribution in [2.24, 2.45) is 20.5 Å². The molecule has 6 aromatic rings. The number of fused-ring (bicyclic) bond motifs is 2. The predicted octanol–water partition coefficient (Wildman–Crippen LogP) is 8.30. The van der Waals surface area contributed by atoms with Crippen molar-refractivity contribution in [3.63, 3.8) is 0 Å². The summed E-state index contributed by atoms with van der Waals surface area (Å²) in [4.78, 5) is -0.558. The van der Waals surface area contributed by atoms with Crippen LogP contribution < -0.4 is 5.32 Å². The number of rotatable bonds is 8. The molecule has 0 saturated heterocycles. The van der Waals surface area contributed by atoms with E-state index in [0.717, 1.165) is 5.69 Å². The zero-order valence-electron chi connectivity index (χ0n) is 25.2. The van der Waals surface area contributed by atoms with Crippen molar-refractivity contribution >= 4 is 135 Å². The van der Waals surface area contributed by atoms with Crippen LogP contribution in [0.25, 0.3) is 21.5 Å². The Morgan fingerprint density at radius 2 is 1.04 bits per heavy atom. The van der Waals surface area contributed by atoms with Crippen molar-refractivity contribution in [1.82, 2.24) is 0 Å². The van der Waals surface area contributed by atoms with Crippen molar-refractivity contribution in [2.45, 2.75) is 9.79 Å². The fraction of sp³-hybridized carbons (Fsp3) is 0. The summed E-state index contributed by atoms with van der Waals surface area (Å²) in [5, 5.41) is 22.7. The molecule has 6 rings (SSSR count). The van der Waals surface area contributed by atoms with E-state index in [1.807, 2.05) is 54.6 Å². The molecule has 0 aliphatic rings. The summed E-state index contributed by atoms with van der Waals surface area (Å²) in [6.07, 6.45) is 0. The van der Waals surface area contributed by atoms with Crippen molar-refractivity contribution < 1.29 is 25.9 Å². The maximum Gasteiger partial charge on any atom is 0.295 e. The smallest absolute Gasteiger partial charge is 0.295 e. The van der Waals surface area contributed by atoms with Crippen LogP contribution in [0.4, 0.5) is 34.1 Å². The number of azo groups is 2. The van der Waals surface area contributed by atoms with Gasteiger partial charge in [0.1, 0.15) is 4.90 Å². The molecule has 6 aromatic carbocycles. The van der Waals surface area contributed by atoms with E-state index in [1.54, 1.807) is 36.4 Å². The van der Waals surface area contributed by atoms with E-state index >= 15 is 0 Å². The molecule has 47 heavy (non-hydrogen) atoms. The third kappa shape index (κ3) is 8.39. The molecule has 3 N–H and O–H groups in total. The zero-order valence-corrected chi connectivity index (χ0v) is 30.8. The van der Waals surface area contributed by atoms with Gasteiger partial charge in [0.2, 0.25) is 0 Å². The van der Waals surface area contributed by atoms with E-state index in [4.69, 9.17) is 0 Å². The maximum absolute atomic E-state index is 12.3. The minimum Gasteiger partial charge on any atom is -0.355 e. The summed E-state index contributed by atoms with van der Waals surface area (Å²) < 4.78 is 67.0. The average molecular weight is 684 g/mol. The molecule has 2 radical (unpaired) electrons. The first-order chi connectivity index (χ1) is 21.6. The number of benzene rings is 6. The molecule has 11 nitrogen and oxygen atoms in total. The summed E-state index contributed by atoms with van der Waals surface area (Å²) >= 11 is 0. The van der Waals surface area contributed by atoms with Gasteiger partial charge in [-0.2, -0.15) is 21.9 Å². The van der Waals surface area contributed by atoms with Crippen molar-refractivity contribution in [2.75, 3.05) is 5.32 Å². The first-order valence-electron chi connectivity index (χ1n) is 13.4. The third-order valence-corrected chi connectivity index (χ3v) is 8.59. The first kappa shape index (κ1) is 36.5. The number of hydrogen-bond acceptors (Lipinski definition) is 9. The molecule has 226 valence electrons. The second-order valence-electron chi connectivity index (χ2n) is 9.80. The van der Waals surface area contributed by atoms with Gasteiger partial charge in [-0.05, 0) is 60.7 Å². The van der Waals surface area contributed by atoms with Crippen LogP contribution >= 0.6 is 0 Å². The van der Waals surface area contributed by atoms with Crippen LogP contribution in [0.1, 0.15) is 0 Å². The Hall–Kier alpha value is -3.34. The molecule has 0 aliphatic heterocycles. The SMILES string of the molecule is O=S(=O)(O)c1cccc(N=Nc2ccc(N=Nc3ccc(Nc4ccccc4)c4c(S(=O)(=O)O)cccc34)c3ccccc23)c1.[Na].[Na]. The molecule has 0 bridgehead atoms. The van der Waals surface area contributed by atoms with Gasteiger partial charge in [-0.25, -0.2) is 0 Å². The van der Waals surface area contributed by atoms with Gasteiger partial charge in [0.15, 0.2) is 0 Å². The number of hydrogen-bond donors (Lipinski definition) is 3. The molecule has 0 atom stereocenters. The Balaban J connectivity index is 0.00000250. The Morgan fingerprint density at radius 1 is 0.511 bits per heavy atom. The quantitative estimate of drug-likeness (QED) is 0.0823. The van der Waals surface area contributed by atoms with Crippen molar-refractivity contribution in [3.05, 3.63) is 121 Å².